The summed E-state index contributed by atoms with van der Waals surface area (Å²) in [5.41, 5.74) is 3.41. The molecule has 1 saturated heterocycles. The van der Waals surface area contributed by atoms with Crippen LogP contribution in [0.2, 0.25) is 0 Å². The van der Waals surface area contributed by atoms with Crippen molar-refractivity contribution in [1.82, 2.24) is 9.88 Å². The number of carbonyl (C=O) groups is 1. The molecular formula is C20H21N3OS. The highest BCUT2D eigenvalue weighted by atomic mass is 32.1. The van der Waals surface area contributed by atoms with Gasteiger partial charge in [0.25, 0.3) is 0 Å². The zero-order chi connectivity index (χ0) is 17.2. The Morgan fingerprint density at radius 3 is 2.60 bits per heavy atom. The van der Waals surface area contributed by atoms with E-state index in [4.69, 9.17) is 4.98 Å². The Morgan fingerprint density at radius 1 is 1.08 bits per heavy atom. The second-order valence-corrected chi connectivity index (χ2v) is 7.51. The molecule has 2 heterocycles. The summed E-state index contributed by atoms with van der Waals surface area (Å²) >= 11 is 1.74. The minimum absolute atomic E-state index is 0.214. The first-order valence-electron chi connectivity index (χ1n) is 8.63. The lowest BCUT2D eigenvalue weighted by Gasteiger charge is -2.34. The maximum atomic E-state index is 12.5. The van der Waals surface area contributed by atoms with Crippen molar-refractivity contribution in [2.24, 2.45) is 0 Å². The van der Waals surface area contributed by atoms with Crippen LogP contribution in [0.1, 0.15) is 11.1 Å². The Labute approximate surface area is 151 Å². The molecule has 0 saturated carbocycles. The smallest absolute Gasteiger partial charge is 0.227 e. The highest BCUT2D eigenvalue weighted by molar-refractivity contribution is 7.22. The van der Waals surface area contributed by atoms with Gasteiger partial charge in [-0.15, -0.1) is 0 Å². The monoisotopic (exact) mass is 351 g/mol. The number of piperazine rings is 1. The first kappa shape index (κ1) is 16.1. The van der Waals surface area contributed by atoms with E-state index in [9.17, 15) is 4.79 Å². The number of fused-ring (bicyclic) bond motifs is 1. The Balaban J connectivity index is 1.39. The van der Waals surface area contributed by atoms with Crippen molar-refractivity contribution in [1.29, 1.82) is 0 Å². The summed E-state index contributed by atoms with van der Waals surface area (Å²) in [4.78, 5) is 21.5. The van der Waals surface area contributed by atoms with Crippen LogP contribution in [0.15, 0.2) is 48.5 Å². The molecule has 2 aromatic carbocycles. The number of hydrogen-bond donors (Lipinski definition) is 0. The van der Waals surface area contributed by atoms with Gasteiger partial charge in [-0.05, 0) is 30.2 Å². The minimum atomic E-state index is 0.214. The maximum absolute atomic E-state index is 12.5. The third-order valence-corrected chi connectivity index (χ3v) is 5.71. The number of benzene rings is 2. The molecule has 0 spiro atoms. The fourth-order valence-corrected chi connectivity index (χ4v) is 4.30. The zero-order valence-corrected chi connectivity index (χ0v) is 15.1. The van der Waals surface area contributed by atoms with E-state index in [1.807, 2.05) is 35.2 Å². The summed E-state index contributed by atoms with van der Waals surface area (Å²) < 4.78 is 1.23. The van der Waals surface area contributed by atoms with Gasteiger partial charge in [0.1, 0.15) is 0 Å². The number of anilines is 1. The Kier molecular flexibility index (Phi) is 4.40. The Morgan fingerprint density at radius 2 is 1.84 bits per heavy atom. The van der Waals surface area contributed by atoms with Gasteiger partial charge in [0.15, 0.2) is 5.13 Å². The highest BCUT2D eigenvalue weighted by Crippen LogP contribution is 2.30. The van der Waals surface area contributed by atoms with E-state index in [1.54, 1.807) is 11.3 Å². The number of amides is 1. The number of rotatable bonds is 3. The van der Waals surface area contributed by atoms with Gasteiger partial charge >= 0.3 is 0 Å². The molecule has 25 heavy (non-hydrogen) atoms. The second-order valence-electron chi connectivity index (χ2n) is 6.50. The summed E-state index contributed by atoms with van der Waals surface area (Å²) in [6.07, 6.45) is 0.487. The van der Waals surface area contributed by atoms with E-state index in [2.05, 4.69) is 30.0 Å². The van der Waals surface area contributed by atoms with E-state index < -0.39 is 0 Å². The van der Waals surface area contributed by atoms with Crippen molar-refractivity contribution < 1.29 is 4.79 Å². The summed E-state index contributed by atoms with van der Waals surface area (Å²) in [5, 5.41) is 1.07. The largest absolute Gasteiger partial charge is 0.345 e. The fraction of sp³-hybridized carbons (Fsp3) is 0.300. The van der Waals surface area contributed by atoms with Crippen LogP contribution in [0.3, 0.4) is 0 Å². The lowest BCUT2D eigenvalue weighted by Crippen LogP contribution is -2.49. The van der Waals surface area contributed by atoms with Gasteiger partial charge in [-0.3, -0.25) is 4.79 Å². The molecule has 0 aliphatic carbocycles. The predicted molar refractivity (Wildman–Crippen MR) is 103 cm³/mol. The van der Waals surface area contributed by atoms with Crippen LogP contribution in [0.4, 0.5) is 5.13 Å². The summed E-state index contributed by atoms with van der Waals surface area (Å²) in [7, 11) is 0. The first-order valence-corrected chi connectivity index (χ1v) is 9.44. The summed E-state index contributed by atoms with van der Waals surface area (Å²) in [6, 6.07) is 16.3. The molecule has 0 N–H and O–H groups in total. The zero-order valence-electron chi connectivity index (χ0n) is 14.3. The number of nitrogens with zero attached hydrogens (tertiary/aromatic N) is 3. The molecule has 128 valence electrons. The molecule has 1 aliphatic heterocycles. The van der Waals surface area contributed by atoms with Gasteiger partial charge in [-0.2, -0.15) is 0 Å². The van der Waals surface area contributed by atoms with Crippen molar-refractivity contribution in [2.45, 2.75) is 13.3 Å². The number of carbonyl (C=O) groups excluding carboxylic acids is 1. The molecule has 0 unspecified atom stereocenters. The fourth-order valence-electron chi connectivity index (χ4n) is 3.18. The quantitative estimate of drug-likeness (QED) is 0.725. The minimum Gasteiger partial charge on any atom is -0.345 e. The van der Waals surface area contributed by atoms with Crippen LogP contribution in [-0.4, -0.2) is 42.0 Å². The van der Waals surface area contributed by atoms with Crippen molar-refractivity contribution in [3.8, 4) is 0 Å². The molecule has 0 bridgehead atoms. The van der Waals surface area contributed by atoms with E-state index in [0.717, 1.165) is 42.4 Å². The lowest BCUT2D eigenvalue weighted by molar-refractivity contribution is -0.130. The van der Waals surface area contributed by atoms with Crippen molar-refractivity contribution in [3.05, 3.63) is 59.7 Å². The van der Waals surface area contributed by atoms with Crippen LogP contribution in [0.5, 0.6) is 0 Å². The van der Waals surface area contributed by atoms with Crippen LogP contribution >= 0.6 is 11.3 Å². The van der Waals surface area contributed by atoms with E-state index in [0.29, 0.717) is 6.42 Å². The molecule has 4 rings (SSSR count). The second kappa shape index (κ2) is 6.84. The summed E-state index contributed by atoms with van der Waals surface area (Å²) in [5.74, 6) is 0.214. The summed E-state index contributed by atoms with van der Waals surface area (Å²) in [6.45, 7) is 5.33. The molecule has 0 atom stereocenters. The highest BCUT2D eigenvalue weighted by Gasteiger charge is 2.23. The van der Waals surface area contributed by atoms with E-state index in [1.165, 1.54) is 10.3 Å². The topological polar surface area (TPSA) is 36.4 Å². The van der Waals surface area contributed by atoms with Crippen LogP contribution < -0.4 is 4.90 Å². The standard InChI is InChI=1S/C20H21N3OS/c1-15-7-8-17-18(13-15)25-20(21-17)23-11-9-22(10-12-23)19(24)14-16-5-3-2-4-6-16/h2-8,13H,9-12,14H2,1H3. The maximum Gasteiger partial charge on any atom is 0.227 e. The molecule has 1 fully saturated rings. The third kappa shape index (κ3) is 3.51. The van der Waals surface area contributed by atoms with Gasteiger partial charge in [-0.25, -0.2) is 4.98 Å². The van der Waals surface area contributed by atoms with Crippen molar-refractivity contribution in [2.75, 3.05) is 31.1 Å². The average Bonchev–Trinajstić information content (AvgIpc) is 3.06. The molecule has 0 radical (unpaired) electrons. The van der Waals surface area contributed by atoms with Crippen LogP contribution in [0.25, 0.3) is 10.2 Å². The molecule has 3 aromatic rings. The van der Waals surface area contributed by atoms with Crippen molar-refractivity contribution in [3.63, 3.8) is 0 Å². The lowest BCUT2D eigenvalue weighted by atomic mass is 10.1. The normalized spacial score (nSPS) is 14.9. The number of hydrogen-bond acceptors (Lipinski definition) is 4. The molecule has 4 nitrogen and oxygen atoms in total. The van der Waals surface area contributed by atoms with Gasteiger partial charge in [0.2, 0.25) is 5.91 Å². The number of aromatic nitrogens is 1. The number of thiazole rings is 1. The Bertz CT molecular complexity index is 882. The van der Waals surface area contributed by atoms with E-state index in [-0.39, 0.29) is 5.91 Å². The molecule has 1 aromatic heterocycles. The van der Waals surface area contributed by atoms with Crippen molar-refractivity contribution >= 4 is 32.6 Å². The van der Waals surface area contributed by atoms with Gasteiger partial charge < -0.3 is 9.80 Å². The molecule has 5 heteroatoms. The molecular weight excluding hydrogens is 330 g/mol. The van der Waals surface area contributed by atoms with E-state index >= 15 is 0 Å². The van der Waals surface area contributed by atoms with Gasteiger partial charge in [0.05, 0.1) is 16.6 Å². The third-order valence-electron chi connectivity index (χ3n) is 4.63. The van der Waals surface area contributed by atoms with Gasteiger partial charge in [-0.1, -0.05) is 47.7 Å². The van der Waals surface area contributed by atoms with Crippen LogP contribution in [-0.2, 0) is 11.2 Å². The SMILES string of the molecule is Cc1ccc2nc(N3CCN(C(=O)Cc4ccccc4)CC3)sc2c1. The first-order chi connectivity index (χ1) is 12.2. The average molecular weight is 351 g/mol. The van der Waals surface area contributed by atoms with Crippen LogP contribution in [0, 0.1) is 6.92 Å². The predicted octanol–water partition coefficient (Wildman–Crippen LogP) is 3.50. The Hall–Kier alpha value is -2.40. The number of aryl methyl sites for hydroxylation is 1. The molecule has 1 amide bonds. The molecule has 1 aliphatic rings. The van der Waals surface area contributed by atoms with Gasteiger partial charge in [0, 0.05) is 26.2 Å².